The summed E-state index contributed by atoms with van der Waals surface area (Å²) >= 11 is 0. The molecule has 0 radical (unpaired) electrons. The highest BCUT2D eigenvalue weighted by molar-refractivity contribution is 7.84. The molecule has 1 aliphatic rings. The quantitative estimate of drug-likeness (QED) is 0.795. The standard InChI is InChI=1S/C10H17N3OS/c1-2-15(14)8-7-13-6-5-11-10(13)12-9-3-4-9/h5-6,9H,2-4,7-8H2,1H3,(H,11,12). The largest absolute Gasteiger partial charge is 0.353 e. The molecule has 1 saturated carbocycles. The van der Waals surface area contributed by atoms with Gasteiger partial charge in [-0.2, -0.15) is 0 Å². The minimum absolute atomic E-state index is 0.614. The van der Waals surface area contributed by atoms with E-state index in [1.54, 1.807) is 6.20 Å². The number of rotatable bonds is 6. The lowest BCUT2D eigenvalue weighted by Gasteiger charge is -2.08. The second kappa shape index (κ2) is 4.79. The summed E-state index contributed by atoms with van der Waals surface area (Å²) < 4.78 is 13.4. The predicted octanol–water partition coefficient (Wildman–Crippen LogP) is 1.23. The van der Waals surface area contributed by atoms with E-state index in [2.05, 4.69) is 10.3 Å². The Morgan fingerprint density at radius 3 is 3.13 bits per heavy atom. The lowest BCUT2D eigenvalue weighted by molar-refractivity contribution is 0.674. The van der Waals surface area contributed by atoms with Crippen LogP contribution in [-0.2, 0) is 17.3 Å². The molecule has 2 rings (SSSR count). The van der Waals surface area contributed by atoms with Crippen LogP contribution in [0.3, 0.4) is 0 Å². The summed E-state index contributed by atoms with van der Waals surface area (Å²) in [6, 6.07) is 0.614. The van der Waals surface area contributed by atoms with Crippen molar-refractivity contribution >= 4 is 16.7 Å². The number of hydrogen-bond acceptors (Lipinski definition) is 3. The van der Waals surface area contributed by atoms with Crippen LogP contribution in [0.25, 0.3) is 0 Å². The SMILES string of the molecule is CCS(=O)CCn1ccnc1NC1CC1. The van der Waals surface area contributed by atoms with Gasteiger partial charge in [0, 0.05) is 47.3 Å². The van der Waals surface area contributed by atoms with Gasteiger partial charge in [-0.15, -0.1) is 0 Å². The molecule has 0 aliphatic heterocycles. The van der Waals surface area contributed by atoms with Crippen molar-refractivity contribution in [2.45, 2.75) is 32.4 Å². The van der Waals surface area contributed by atoms with E-state index in [0.29, 0.717) is 11.8 Å². The van der Waals surface area contributed by atoms with Gasteiger partial charge >= 0.3 is 0 Å². The van der Waals surface area contributed by atoms with Crippen LogP contribution in [0.4, 0.5) is 5.95 Å². The molecule has 1 aromatic rings. The number of nitrogens with zero attached hydrogens (tertiary/aromatic N) is 2. The van der Waals surface area contributed by atoms with Gasteiger partial charge in [0.25, 0.3) is 0 Å². The first kappa shape index (κ1) is 10.7. The van der Waals surface area contributed by atoms with Crippen LogP contribution >= 0.6 is 0 Å². The van der Waals surface area contributed by atoms with E-state index in [1.807, 2.05) is 17.7 Å². The van der Waals surface area contributed by atoms with Crippen molar-refractivity contribution in [3.8, 4) is 0 Å². The Labute approximate surface area is 92.5 Å². The Hall–Kier alpha value is -0.840. The van der Waals surface area contributed by atoms with Crippen LogP contribution in [-0.4, -0.2) is 31.3 Å². The number of hydrogen-bond donors (Lipinski definition) is 1. The van der Waals surface area contributed by atoms with E-state index >= 15 is 0 Å². The van der Waals surface area contributed by atoms with Crippen LogP contribution in [0, 0.1) is 0 Å². The molecule has 0 spiro atoms. The molecule has 15 heavy (non-hydrogen) atoms. The van der Waals surface area contributed by atoms with Crippen molar-refractivity contribution < 1.29 is 4.21 Å². The molecule has 5 heteroatoms. The van der Waals surface area contributed by atoms with Gasteiger partial charge in [0.1, 0.15) is 0 Å². The van der Waals surface area contributed by atoms with Gasteiger partial charge in [0.15, 0.2) is 0 Å². The normalized spacial score (nSPS) is 17.7. The molecular weight excluding hydrogens is 210 g/mol. The minimum Gasteiger partial charge on any atom is -0.353 e. The third kappa shape index (κ3) is 3.06. The van der Waals surface area contributed by atoms with Crippen molar-refractivity contribution in [1.82, 2.24) is 9.55 Å². The number of aryl methyl sites for hydroxylation is 1. The highest BCUT2D eigenvalue weighted by atomic mass is 32.2. The highest BCUT2D eigenvalue weighted by Gasteiger charge is 2.22. The first-order valence-corrected chi connectivity index (χ1v) is 6.91. The van der Waals surface area contributed by atoms with Crippen molar-refractivity contribution in [3.05, 3.63) is 12.4 Å². The zero-order valence-corrected chi connectivity index (χ0v) is 9.80. The average Bonchev–Trinajstić information content (AvgIpc) is 2.94. The van der Waals surface area contributed by atoms with E-state index in [-0.39, 0.29) is 0 Å². The van der Waals surface area contributed by atoms with Crippen molar-refractivity contribution in [3.63, 3.8) is 0 Å². The van der Waals surface area contributed by atoms with Crippen LogP contribution in [0.15, 0.2) is 12.4 Å². The molecule has 84 valence electrons. The Morgan fingerprint density at radius 1 is 1.67 bits per heavy atom. The van der Waals surface area contributed by atoms with E-state index in [0.717, 1.165) is 18.2 Å². The van der Waals surface area contributed by atoms with Gasteiger partial charge in [-0.1, -0.05) is 6.92 Å². The molecule has 1 atom stereocenters. The van der Waals surface area contributed by atoms with Gasteiger partial charge in [-0.3, -0.25) is 4.21 Å². The van der Waals surface area contributed by atoms with Gasteiger partial charge in [0.2, 0.25) is 5.95 Å². The van der Waals surface area contributed by atoms with Gasteiger partial charge < -0.3 is 9.88 Å². The first-order valence-electron chi connectivity index (χ1n) is 5.42. The molecule has 0 saturated heterocycles. The smallest absolute Gasteiger partial charge is 0.203 e. The molecule has 1 fully saturated rings. The maximum atomic E-state index is 11.3. The summed E-state index contributed by atoms with van der Waals surface area (Å²) in [6.07, 6.45) is 6.22. The summed E-state index contributed by atoms with van der Waals surface area (Å²) in [7, 11) is -0.693. The number of aromatic nitrogens is 2. The van der Waals surface area contributed by atoms with Crippen LogP contribution in [0.5, 0.6) is 0 Å². The van der Waals surface area contributed by atoms with E-state index in [9.17, 15) is 4.21 Å². The molecular formula is C10H17N3OS. The molecule has 0 amide bonds. The van der Waals surface area contributed by atoms with E-state index < -0.39 is 10.8 Å². The predicted molar refractivity (Wildman–Crippen MR) is 62.4 cm³/mol. The van der Waals surface area contributed by atoms with E-state index in [4.69, 9.17) is 0 Å². The second-order valence-corrected chi connectivity index (χ2v) is 5.66. The molecule has 1 N–H and O–H groups in total. The van der Waals surface area contributed by atoms with Crippen LogP contribution in [0.2, 0.25) is 0 Å². The number of anilines is 1. The Kier molecular flexibility index (Phi) is 3.41. The fraction of sp³-hybridized carbons (Fsp3) is 0.700. The molecule has 4 nitrogen and oxygen atoms in total. The Balaban J connectivity index is 1.88. The number of nitrogens with one attached hydrogen (secondary N) is 1. The summed E-state index contributed by atoms with van der Waals surface area (Å²) in [5, 5.41) is 3.36. The maximum absolute atomic E-state index is 11.3. The summed E-state index contributed by atoms with van der Waals surface area (Å²) in [5.74, 6) is 2.37. The van der Waals surface area contributed by atoms with Crippen molar-refractivity contribution in [1.29, 1.82) is 0 Å². The monoisotopic (exact) mass is 227 g/mol. The van der Waals surface area contributed by atoms with Crippen LogP contribution < -0.4 is 5.32 Å². The Morgan fingerprint density at radius 2 is 2.47 bits per heavy atom. The summed E-state index contributed by atoms with van der Waals surface area (Å²) in [4.78, 5) is 4.25. The first-order chi connectivity index (χ1) is 7.29. The molecule has 1 aliphatic carbocycles. The Bertz CT molecular complexity index is 346. The highest BCUT2D eigenvalue weighted by Crippen LogP contribution is 2.23. The summed E-state index contributed by atoms with van der Waals surface area (Å²) in [5.41, 5.74) is 0. The van der Waals surface area contributed by atoms with E-state index in [1.165, 1.54) is 12.8 Å². The van der Waals surface area contributed by atoms with Gasteiger partial charge in [-0.05, 0) is 12.8 Å². The third-order valence-corrected chi connectivity index (χ3v) is 3.79. The zero-order valence-electron chi connectivity index (χ0n) is 8.98. The van der Waals surface area contributed by atoms with Crippen molar-refractivity contribution in [2.24, 2.45) is 0 Å². The summed E-state index contributed by atoms with van der Waals surface area (Å²) in [6.45, 7) is 2.74. The lowest BCUT2D eigenvalue weighted by atomic mass is 10.6. The molecule has 0 bridgehead atoms. The van der Waals surface area contributed by atoms with Gasteiger partial charge in [-0.25, -0.2) is 4.98 Å². The topological polar surface area (TPSA) is 46.9 Å². The average molecular weight is 227 g/mol. The molecule has 0 aromatic carbocycles. The van der Waals surface area contributed by atoms with Crippen molar-refractivity contribution in [2.75, 3.05) is 16.8 Å². The van der Waals surface area contributed by atoms with Gasteiger partial charge in [0.05, 0.1) is 0 Å². The fourth-order valence-electron chi connectivity index (χ4n) is 1.38. The fourth-order valence-corrected chi connectivity index (χ4v) is 2.07. The molecule has 1 unspecified atom stereocenters. The zero-order chi connectivity index (χ0) is 10.7. The minimum atomic E-state index is -0.693. The third-order valence-electron chi connectivity index (χ3n) is 2.51. The molecule has 1 aromatic heterocycles. The molecule has 1 heterocycles. The lowest BCUT2D eigenvalue weighted by Crippen LogP contribution is -2.13. The second-order valence-electron chi connectivity index (χ2n) is 3.80. The van der Waals surface area contributed by atoms with Crippen LogP contribution in [0.1, 0.15) is 19.8 Å². The maximum Gasteiger partial charge on any atom is 0.203 e. The number of imidazole rings is 1.